The van der Waals surface area contributed by atoms with Crippen LogP contribution in [-0.2, 0) is 0 Å². The lowest BCUT2D eigenvalue weighted by molar-refractivity contribution is -0.384. The number of rotatable bonds is 4. The molecule has 0 aliphatic heterocycles. The number of benzene rings is 2. The molecule has 2 aromatic carbocycles. The predicted octanol–water partition coefficient (Wildman–Crippen LogP) is 3.75. The van der Waals surface area contributed by atoms with Crippen molar-refractivity contribution in [2.24, 2.45) is 0 Å². The molecule has 0 atom stereocenters. The van der Waals surface area contributed by atoms with Crippen molar-refractivity contribution < 1.29 is 27.6 Å². The van der Waals surface area contributed by atoms with E-state index in [9.17, 15) is 28.1 Å². The van der Waals surface area contributed by atoms with Crippen LogP contribution in [0.3, 0.4) is 0 Å². The van der Waals surface area contributed by atoms with Crippen molar-refractivity contribution in [1.29, 1.82) is 0 Å². The third-order valence-corrected chi connectivity index (χ3v) is 2.67. The van der Waals surface area contributed by atoms with E-state index < -0.39 is 22.9 Å². The van der Waals surface area contributed by atoms with Crippen LogP contribution in [-0.4, -0.2) is 17.2 Å². The maximum absolute atomic E-state index is 12.1. The second-order valence-electron chi connectivity index (χ2n) is 4.33. The smallest absolute Gasteiger partial charge is 0.406 e. The van der Waals surface area contributed by atoms with Gasteiger partial charge in [-0.2, -0.15) is 0 Å². The number of nitrogens with one attached hydrogen (secondary N) is 1. The van der Waals surface area contributed by atoms with E-state index in [0.29, 0.717) is 0 Å². The van der Waals surface area contributed by atoms with Gasteiger partial charge in [0.1, 0.15) is 5.75 Å². The highest BCUT2D eigenvalue weighted by molar-refractivity contribution is 6.04. The summed E-state index contributed by atoms with van der Waals surface area (Å²) >= 11 is 0. The van der Waals surface area contributed by atoms with Crippen LogP contribution in [0.25, 0.3) is 0 Å². The van der Waals surface area contributed by atoms with Crippen molar-refractivity contribution in [2.75, 3.05) is 5.32 Å². The van der Waals surface area contributed by atoms with Crippen molar-refractivity contribution >= 4 is 17.3 Å². The number of ether oxygens (including phenoxy) is 1. The van der Waals surface area contributed by atoms with Crippen molar-refractivity contribution in [3.8, 4) is 5.75 Å². The van der Waals surface area contributed by atoms with E-state index in [1.54, 1.807) is 0 Å². The van der Waals surface area contributed by atoms with Gasteiger partial charge < -0.3 is 10.1 Å². The zero-order chi connectivity index (χ0) is 17.0. The molecule has 0 unspecified atom stereocenters. The Morgan fingerprint density at radius 2 is 1.78 bits per heavy atom. The van der Waals surface area contributed by atoms with Crippen LogP contribution >= 0.6 is 0 Å². The van der Waals surface area contributed by atoms with Crippen LogP contribution in [0.15, 0.2) is 48.5 Å². The molecule has 120 valence electrons. The van der Waals surface area contributed by atoms with E-state index in [4.69, 9.17) is 0 Å². The first-order valence-electron chi connectivity index (χ1n) is 6.16. The fourth-order valence-electron chi connectivity index (χ4n) is 1.71. The van der Waals surface area contributed by atoms with Gasteiger partial charge in [-0.05, 0) is 24.3 Å². The van der Waals surface area contributed by atoms with Crippen molar-refractivity contribution in [1.82, 2.24) is 0 Å². The predicted molar refractivity (Wildman–Crippen MR) is 74.2 cm³/mol. The average molecular weight is 326 g/mol. The number of nitro groups is 1. The second kappa shape index (κ2) is 6.34. The number of carbonyl (C=O) groups is 1. The van der Waals surface area contributed by atoms with Crippen LogP contribution in [0, 0.1) is 10.1 Å². The van der Waals surface area contributed by atoms with E-state index >= 15 is 0 Å². The van der Waals surface area contributed by atoms with Gasteiger partial charge in [0.2, 0.25) is 0 Å². The Balaban J connectivity index is 2.10. The summed E-state index contributed by atoms with van der Waals surface area (Å²) < 4.78 is 40.2. The molecule has 1 amide bonds. The highest BCUT2D eigenvalue weighted by Crippen LogP contribution is 2.25. The lowest BCUT2D eigenvalue weighted by atomic mass is 10.2. The first-order chi connectivity index (χ1) is 10.7. The fraction of sp³-hybridized carbons (Fsp3) is 0.0714. The maximum atomic E-state index is 12.1. The standard InChI is InChI=1S/C14H9F3N2O4/c15-14(16,17)23-12-3-1-2-10(8-12)18-13(20)9-4-6-11(7-5-9)19(21)22/h1-8H,(H,18,20). The zero-order valence-electron chi connectivity index (χ0n) is 11.3. The summed E-state index contributed by atoms with van der Waals surface area (Å²) in [5.74, 6) is -1.09. The first kappa shape index (κ1) is 16.3. The van der Waals surface area contributed by atoms with Gasteiger partial charge >= 0.3 is 6.36 Å². The van der Waals surface area contributed by atoms with Crippen LogP contribution in [0.1, 0.15) is 10.4 Å². The number of halogens is 3. The summed E-state index contributed by atoms with van der Waals surface area (Å²) in [7, 11) is 0. The summed E-state index contributed by atoms with van der Waals surface area (Å²) in [4.78, 5) is 21.9. The molecule has 0 saturated heterocycles. The summed E-state index contributed by atoms with van der Waals surface area (Å²) in [5.41, 5.74) is 0.0370. The number of hydrogen-bond donors (Lipinski definition) is 1. The Labute approximate surface area is 127 Å². The molecule has 0 saturated carbocycles. The molecule has 0 radical (unpaired) electrons. The molecular weight excluding hydrogens is 317 g/mol. The SMILES string of the molecule is O=C(Nc1cccc(OC(F)(F)F)c1)c1ccc([N+](=O)[O-])cc1. The molecule has 23 heavy (non-hydrogen) atoms. The summed E-state index contributed by atoms with van der Waals surface area (Å²) in [6.07, 6.45) is -4.83. The zero-order valence-corrected chi connectivity index (χ0v) is 11.3. The summed E-state index contributed by atoms with van der Waals surface area (Å²) in [6, 6.07) is 9.55. The Kier molecular flexibility index (Phi) is 4.49. The number of amides is 1. The number of hydrogen-bond acceptors (Lipinski definition) is 4. The molecule has 0 heterocycles. The van der Waals surface area contributed by atoms with E-state index in [-0.39, 0.29) is 16.9 Å². The molecule has 0 fully saturated rings. The van der Waals surface area contributed by atoms with E-state index in [2.05, 4.69) is 10.1 Å². The minimum Gasteiger partial charge on any atom is -0.406 e. The largest absolute Gasteiger partial charge is 0.573 e. The van der Waals surface area contributed by atoms with Gasteiger partial charge in [0.15, 0.2) is 0 Å². The van der Waals surface area contributed by atoms with Crippen LogP contribution in [0.4, 0.5) is 24.5 Å². The third-order valence-electron chi connectivity index (χ3n) is 2.67. The van der Waals surface area contributed by atoms with E-state index in [1.165, 1.54) is 24.3 Å². The molecule has 0 aromatic heterocycles. The molecule has 2 rings (SSSR count). The molecule has 1 N–H and O–H groups in total. The highest BCUT2D eigenvalue weighted by atomic mass is 19.4. The number of nitrogens with zero attached hydrogens (tertiary/aromatic N) is 1. The molecule has 0 aliphatic rings. The Bertz CT molecular complexity index is 730. The average Bonchev–Trinajstić information content (AvgIpc) is 2.46. The molecule has 0 bridgehead atoms. The second-order valence-corrected chi connectivity index (χ2v) is 4.33. The minimum absolute atomic E-state index is 0.0927. The Morgan fingerprint density at radius 1 is 1.13 bits per heavy atom. The monoisotopic (exact) mass is 326 g/mol. The third kappa shape index (κ3) is 4.70. The van der Waals surface area contributed by atoms with Gasteiger partial charge in [0.25, 0.3) is 11.6 Å². The lowest BCUT2D eigenvalue weighted by Gasteiger charge is -2.10. The Morgan fingerprint density at radius 3 is 2.35 bits per heavy atom. The number of carbonyl (C=O) groups excluding carboxylic acids is 1. The van der Waals surface area contributed by atoms with Crippen molar-refractivity contribution in [3.63, 3.8) is 0 Å². The minimum atomic E-state index is -4.83. The van der Waals surface area contributed by atoms with Crippen molar-refractivity contribution in [3.05, 3.63) is 64.2 Å². The normalized spacial score (nSPS) is 10.9. The maximum Gasteiger partial charge on any atom is 0.573 e. The van der Waals surface area contributed by atoms with Gasteiger partial charge in [-0.25, -0.2) is 0 Å². The summed E-state index contributed by atoms with van der Waals surface area (Å²) in [5, 5.41) is 12.9. The van der Waals surface area contributed by atoms with Crippen LogP contribution in [0.2, 0.25) is 0 Å². The molecular formula is C14H9F3N2O4. The first-order valence-corrected chi connectivity index (χ1v) is 6.16. The number of non-ortho nitro benzene ring substituents is 1. The number of alkyl halides is 3. The highest BCUT2D eigenvalue weighted by Gasteiger charge is 2.31. The molecule has 2 aromatic rings. The quantitative estimate of drug-likeness (QED) is 0.685. The van der Waals surface area contributed by atoms with Crippen LogP contribution in [0.5, 0.6) is 5.75 Å². The number of nitro benzene ring substituents is 1. The van der Waals surface area contributed by atoms with Gasteiger partial charge in [-0.15, -0.1) is 13.2 Å². The van der Waals surface area contributed by atoms with Gasteiger partial charge in [0, 0.05) is 29.4 Å². The fourth-order valence-corrected chi connectivity index (χ4v) is 1.71. The van der Waals surface area contributed by atoms with Gasteiger partial charge in [-0.3, -0.25) is 14.9 Å². The lowest BCUT2D eigenvalue weighted by Crippen LogP contribution is -2.17. The summed E-state index contributed by atoms with van der Waals surface area (Å²) in [6.45, 7) is 0. The Hall–Kier alpha value is -3.10. The topological polar surface area (TPSA) is 81.5 Å². The van der Waals surface area contributed by atoms with E-state index in [0.717, 1.165) is 24.3 Å². The van der Waals surface area contributed by atoms with Gasteiger partial charge in [-0.1, -0.05) is 6.07 Å². The molecule has 0 spiro atoms. The molecule has 9 heteroatoms. The molecule has 6 nitrogen and oxygen atoms in total. The number of anilines is 1. The van der Waals surface area contributed by atoms with Gasteiger partial charge in [0.05, 0.1) is 4.92 Å². The van der Waals surface area contributed by atoms with Crippen molar-refractivity contribution in [2.45, 2.75) is 6.36 Å². The molecule has 0 aliphatic carbocycles. The van der Waals surface area contributed by atoms with E-state index in [1.807, 2.05) is 0 Å². The van der Waals surface area contributed by atoms with Crippen LogP contribution < -0.4 is 10.1 Å².